The van der Waals surface area contributed by atoms with Crippen LogP contribution in [0.2, 0.25) is 0 Å². The number of carbonyl (C=O) groups is 1. The van der Waals surface area contributed by atoms with Gasteiger partial charge in [0.2, 0.25) is 0 Å². The van der Waals surface area contributed by atoms with E-state index in [0.29, 0.717) is 29.5 Å². The summed E-state index contributed by atoms with van der Waals surface area (Å²) < 4.78 is 19.4. The van der Waals surface area contributed by atoms with Gasteiger partial charge in [-0.2, -0.15) is 0 Å². The zero-order chi connectivity index (χ0) is 21.1. The number of nitro groups is 1. The van der Waals surface area contributed by atoms with Crippen molar-refractivity contribution in [3.63, 3.8) is 0 Å². The van der Waals surface area contributed by atoms with Crippen LogP contribution in [0.15, 0.2) is 47.4 Å². The second-order valence-corrected chi connectivity index (χ2v) is 8.97. The Hall–Kier alpha value is -2.45. The molecule has 0 bridgehead atoms. The van der Waals surface area contributed by atoms with Gasteiger partial charge < -0.3 is 9.64 Å². The van der Waals surface area contributed by atoms with Crippen molar-refractivity contribution in [2.45, 2.75) is 41.9 Å². The van der Waals surface area contributed by atoms with E-state index in [2.05, 4.69) is 0 Å². The predicted octanol–water partition coefficient (Wildman–Crippen LogP) is 4.98. The molecule has 1 saturated heterocycles. The highest BCUT2D eigenvalue weighted by molar-refractivity contribution is 8.00. The summed E-state index contributed by atoms with van der Waals surface area (Å²) in [5, 5.41) is 11.7. The number of non-ortho nitro benzene ring substituents is 1. The maximum absolute atomic E-state index is 13.6. The summed E-state index contributed by atoms with van der Waals surface area (Å²) in [6, 6.07) is 10.7. The first-order valence-electron chi connectivity index (χ1n) is 10.1. The lowest BCUT2D eigenvalue weighted by atomic mass is 10.1. The predicted molar refractivity (Wildman–Crippen MR) is 112 cm³/mol. The minimum atomic E-state index is -0.477. The zero-order valence-electron chi connectivity index (χ0n) is 16.5. The number of hydrogen-bond donors (Lipinski definition) is 0. The van der Waals surface area contributed by atoms with E-state index in [4.69, 9.17) is 4.74 Å². The van der Waals surface area contributed by atoms with Gasteiger partial charge in [0.25, 0.3) is 11.6 Å². The van der Waals surface area contributed by atoms with Gasteiger partial charge >= 0.3 is 0 Å². The fraction of sp³-hybridized carbons (Fsp3) is 0.409. The van der Waals surface area contributed by atoms with Gasteiger partial charge in [0.05, 0.1) is 23.6 Å². The van der Waals surface area contributed by atoms with Crippen LogP contribution in [0.25, 0.3) is 0 Å². The number of halogens is 1. The van der Waals surface area contributed by atoms with Crippen molar-refractivity contribution in [1.29, 1.82) is 0 Å². The third-order valence-electron chi connectivity index (χ3n) is 5.57. The standard InChI is InChI=1S/C22H23FN2O4S/c23-16-5-3-4-15(12-16)20-14-24(10-11-29-20)22(26)19-13-17(25(27)28)8-9-21(19)30-18-6-1-2-7-18/h3-5,8-9,12-13,18,20H,1-2,6-7,10-11,14H2/t20-/m1/s1. The fourth-order valence-corrected chi connectivity index (χ4v) is 5.35. The maximum Gasteiger partial charge on any atom is 0.270 e. The van der Waals surface area contributed by atoms with E-state index in [1.54, 1.807) is 34.9 Å². The van der Waals surface area contributed by atoms with Gasteiger partial charge in [-0.3, -0.25) is 14.9 Å². The van der Waals surface area contributed by atoms with Crippen LogP contribution in [0.3, 0.4) is 0 Å². The molecule has 2 aromatic rings. The molecule has 158 valence electrons. The molecule has 1 aliphatic carbocycles. The molecule has 1 heterocycles. The van der Waals surface area contributed by atoms with Crippen LogP contribution < -0.4 is 0 Å². The Bertz CT molecular complexity index is 948. The maximum atomic E-state index is 13.6. The van der Waals surface area contributed by atoms with Crippen molar-refractivity contribution in [2.24, 2.45) is 0 Å². The zero-order valence-corrected chi connectivity index (χ0v) is 17.3. The summed E-state index contributed by atoms with van der Waals surface area (Å²) in [5.74, 6) is -0.600. The van der Waals surface area contributed by atoms with E-state index in [9.17, 15) is 19.3 Å². The average molecular weight is 431 g/mol. The van der Waals surface area contributed by atoms with Crippen LogP contribution in [0.4, 0.5) is 10.1 Å². The first-order valence-corrected chi connectivity index (χ1v) is 11.0. The topological polar surface area (TPSA) is 72.7 Å². The van der Waals surface area contributed by atoms with Crippen LogP contribution in [-0.2, 0) is 4.74 Å². The first-order chi connectivity index (χ1) is 14.5. The van der Waals surface area contributed by atoms with E-state index in [1.165, 1.54) is 37.1 Å². The molecule has 2 aromatic carbocycles. The Labute approximate surface area is 178 Å². The largest absolute Gasteiger partial charge is 0.370 e. The van der Waals surface area contributed by atoms with Gasteiger partial charge in [-0.15, -0.1) is 11.8 Å². The fourth-order valence-electron chi connectivity index (χ4n) is 4.00. The third kappa shape index (κ3) is 4.65. The molecular formula is C22H23FN2O4S. The van der Waals surface area contributed by atoms with Crippen molar-refractivity contribution in [1.82, 2.24) is 4.90 Å². The molecule has 8 heteroatoms. The van der Waals surface area contributed by atoms with Crippen molar-refractivity contribution in [3.8, 4) is 0 Å². The highest BCUT2D eigenvalue weighted by atomic mass is 32.2. The summed E-state index contributed by atoms with van der Waals surface area (Å²) in [4.78, 5) is 26.6. The second kappa shape index (κ2) is 9.14. The van der Waals surface area contributed by atoms with Crippen molar-refractivity contribution in [3.05, 3.63) is 69.5 Å². The molecular weight excluding hydrogens is 407 g/mol. The highest BCUT2D eigenvalue weighted by Crippen LogP contribution is 2.38. The number of ether oxygens (including phenoxy) is 1. The first kappa shape index (κ1) is 20.8. The minimum absolute atomic E-state index is 0.0935. The van der Waals surface area contributed by atoms with E-state index < -0.39 is 11.0 Å². The molecule has 1 amide bonds. The molecule has 0 spiro atoms. The lowest BCUT2D eigenvalue weighted by molar-refractivity contribution is -0.384. The molecule has 2 fully saturated rings. The average Bonchev–Trinajstić information content (AvgIpc) is 3.26. The van der Waals surface area contributed by atoms with Gasteiger partial charge in [-0.1, -0.05) is 25.0 Å². The van der Waals surface area contributed by atoms with Crippen molar-refractivity contribution >= 4 is 23.4 Å². The molecule has 30 heavy (non-hydrogen) atoms. The molecule has 0 radical (unpaired) electrons. The number of hydrogen-bond acceptors (Lipinski definition) is 5. The summed E-state index contributed by atoms with van der Waals surface area (Å²) in [6.07, 6.45) is 4.10. The summed E-state index contributed by atoms with van der Waals surface area (Å²) in [5.41, 5.74) is 0.942. The second-order valence-electron chi connectivity index (χ2n) is 7.63. The van der Waals surface area contributed by atoms with Gasteiger partial charge in [0, 0.05) is 28.8 Å². The number of nitro benzene ring substituents is 1. The van der Waals surface area contributed by atoms with E-state index in [1.807, 2.05) is 0 Å². The number of amides is 1. The van der Waals surface area contributed by atoms with Crippen LogP contribution in [-0.4, -0.2) is 40.7 Å². The van der Waals surface area contributed by atoms with Crippen molar-refractivity contribution in [2.75, 3.05) is 19.7 Å². The molecule has 2 aliphatic rings. The number of thioether (sulfide) groups is 1. The van der Waals surface area contributed by atoms with Crippen LogP contribution >= 0.6 is 11.8 Å². The van der Waals surface area contributed by atoms with Crippen LogP contribution in [0, 0.1) is 15.9 Å². The summed E-state index contributed by atoms with van der Waals surface area (Å²) in [6.45, 7) is 0.992. The van der Waals surface area contributed by atoms with Crippen molar-refractivity contribution < 1.29 is 18.8 Å². The normalized spacial score (nSPS) is 19.8. The number of benzene rings is 2. The molecule has 6 nitrogen and oxygen atoms in total. The van der Waals surface area contributed by atoms with E-state index >= 15 is 0 Å². The van der Waals surface area contributed by atoms with Gasteiger partial charge in [0.1, 0.15) is 11.9 Å². The molecule has 0 N–H and O–H groups in total. The number of rotatable bonds is 5. The molecule has 4 rings (SSSR count). The number of morpholine rings is 1. The molecule has 1 aliphatic heterocycles. The van der Waals surface area contributed by atoms with E-state index in [-0.39, 0.29) is 24.0 Å². The Kier molecular flexibility index (Phi) is 6.34. The van der Waals surface area contributed by atoms with Gasteiger partial charge in [-0.25, -0.2) is 4.39 Å². The smallest absolute Gasteiger partial charge is 0.270 e. The lowest BCUT2D eigenvalue weighted by Crippen LogP contribution is -2.42. The lowest BCUT2D eigenvalue weighted by Gasteiger charge is -2.33. The quantitative estimate of drug-likeness (QED) is 0.494. The molecule has 0 aromatic heterocycles. The van der Waals surface area contributed by atoms with Gasteiger partial charge in [0.15, 0.2) is 0 Å². The summed E-state index contributed by atoms with van der Waals surface area (Å²) in [7, 11) is 0. The molecule has 1 saturated carbocycles. The number of nitrogens with zero attached hydrogens (tertiary/aromatic N) is 2. The van der Waals surface area contributed by atoms with Gasteiger partial charge in [-0.05, 0) is 36.6 Å². The summed E-state index contributed by atoms with van der Waals surface area (Å²) >= 11 is 1.64. The Morgan fingerprint density at radius 3 is 2.73 bits per heavy atom. The van der Waals surface area contributed by atoms with Crippen LogP contribution in [0.1, 0.15) is 47.7 Å². The Balaban J connectivity index is 1.58. The third-order valence-corrected chi connectivity index (χ3v) is 6.99. The molecule has 0 unspecified atom stereocenters. The number of carbonyl (C=O) groups excluding carboxylic acids is 1. The Morgan fingerprint density at radius 2 is 2.00 bits per heavy atom. The SMILES string of the molecule is O=C(c1cc([N+](=O)[O-])ccc1SC1CCCC1)N1CCO[C@@H](c2cccc(F)c2)C1. The molecule has 1 atom stereocenters. The monoisotopic (exact) mass is 430 g/mol. The highest BCUT2D eigenvalue weighted by Gasteiger charge is 2.29. The van der Waals surface area contributed by atoms with E-state index in [0.717, 1.165) is 17.7 Å². The minimum Gasteiger partial charge on any atom is -0.370 e. The van der Waals surface area contributed by atoms with Crippen LogP contribution in [0.5, 0.6) is 0 Å². The Morgan fingerprint density at radius 1 is 1.20 bits per heavy atom.